The summed E-state index contributed by atoms with van der Waals surface area (Å²) in [4.78, 5) is 13.3. The molecule has 0 aliphatic heterocycles. The van der Waals surface area contributed by atoms with Gasteiger partial charge in [-0.05, 0) is 31.9 Å². The van der Waals surface area contributed by atoms with E-state index in [1.165, 1.54) is 4.90 Å². The van der Waals surface area contributed by atoms with Crippen LogP contribution in [0.25, 0.3) is 0 Å². The van der Waals surface area contributed by atoms with E-state index in [2.05, 4.69) is 0 Å². The summed E-state index contributed by atoms with van der Waals surface area (Å²) < 4.78 is 5.57. The number of carbonyl (C=O) groups is 1. The minimum Gasteiger partial charge on any atom is -0.483 e. The highest BCUT2D eigenvalue weighted by Crippen LogP contribution is 2.22. The zero-order valence-electron chi connectivity index (χ0n) is 11.4. The Morgan fingerprint density at radius 1 is 1.39 bits per heavy atom. The third kappa shape index (κ3) is 3.47. The lowest BCUT2D eigenvalue weighted by Crippen LogP contribution is -2.40. The van der Waals surface area contributed by atoms with Crippen LogP contribution in [-0.2, 0) is 4.79 Å². The highest BCUT2D eigenvalue weighted by molar-refractivity contribution is 5.77. The molecule has 0 fully saturated rings. The van der Waals surface area contributed by atoms with Gasteiger partial charge in [0.25, 0.3) is 5.91 Å². The molecule has 0 aromatic heterocycles. The first kappa shape index (κ1) is 14.5. The quantitative estimate of drug-likeness (QED) is 0.863. The average molecular weight is 251 g/mol. The Morgan fingerprint density at radius 3 is 2.44 bits per heavy atom. The molecule has 1 aromatic rings. The van der Waals surface area contributed by atoms with Crippen molar-refractivity contribution in [1.82, 2.24) is 4.90 Å². The van der Waals surface area contributed by atoms with Crippen LogP contribution in [0.15, 0.2) is 18.2 Å². The van der Waals surface area contributed by atoms with Crippen LogP contribution in [0.5, 0.6) is 5.75 Å². The van der Waals surface area contributed by atoms with Crippen molar-refractivity contribution >= 4 is 5.91 Å². The van der Waals surface area contributed by atoms with Crippen LogP contribution in [0.3, 0.4) is 0 Å². The van der Waals surface area contributed by atoms with Crippen LogP contribution in [0.4, 0.5) is 0 Å². The van der Waals surface area contributed by atoms with Crippen LogP contribution in [0.2, 0.25) is 0 Å². The van der Waals surface area contributed by atoms with E-state index < -0.39 is 0 Å². The van der Waals surface area contributed by atoms with Gasteiger partial charge in [0.2, 0.25) is 0 Å². The predicted octanol–water partition coefficient (Wildman–Crippen LogP) is 1.52. The lowest BCUT2D eigenvalue weighted by atomic mass is 10.1. The van der Waals surface area contributed by atoms with Crippen LogP contribution >= 0.6 is 0 Å². The molecular weight excluding hydrogens is 230 g/mol. The van der Waals surface area contributed by atoms with Gasteiger partial charge in [-0.25, -0.2) is 0 Å². The molecule has 4 heteroatoms. The number of carbonyl (C=O) groups excluding carboxylic acids is 1. The van der Waals surface area contributed by atoms with Crippen LogP contribution in [0.1, 0.15) is 18.1 Å². The number of aliphatic hydroxyl groups is 1. The normalized spacial score (nSPS) is 12.1. The number of ether oxygens (including phenoxy) is 1. The Kier molecular flexibility index (Phi) is 5.16. The topological polar surface area (TPSA) is 49.8 Å². The van der Waals surface area contributed by atoms with E-state index in [0.717, 1.165) is 16.9 Å². The maximum Gasteiger partial charge on any atom is 0.260 e. The van der Waals surface area contributed by atoms with E-state index in [1.807, 2.05) is 32.0 Å². The number of nitrogens with zero attached hydrogens (tertiary/aromatic N) is 1. The summed E-state index contributed by atoms with van der Waals surface area (Å²) in [5.74, 6) is 0.620. The Balaban J connectivity index is 2.63. The molecule has 0 aliphatic carbocycles. The number of hydrogen-bond acceptors (Lipinski definition) is 3. The van der Waals surface area contributed by atoms with Crippen molar-refractivity contribution in [2.24, 2.45) is 0 Å². The maximum absolute atomic E-state index is 11.8. The molecule has 0 saturated carbocycles. The van der Waals surface area contributed by atoms with E-state index in [0.29, 0.717) is 0 Å². The second-order valence-corrected chi connectivity index (χ2v) is 4.55. The molecule has 0 heterocycles. The summed E-state index contributed by atoms with van der Waals surface area (Å²) in [6, 6.07) is 5.66. The highest BCUT2D eigenvalue weighted by atomic mass is 16.5. The van der Waals surface area contributed by atoms with E-state index >= 15 is 0 Å². The summed E-state index contributed by atoms with van der Waals surface area (Å²) >= 11 is 0. The number of aliphatic hydroxyl groups excluding tert-OH is 1. The van der Waals surface area contributed by atoms with Gasteiger partial charge in [-0.2, -0.15) is 0 Å². The summed E-state index contributed by atoms with van der Waals surface area (Å²) in [6.45, 7) is 5.63. The van der Waals surface area contributed by atoms with Crippen molar-refractivity contribution in [3.05, 3.63) is 29.3 Å². The maximum atomic E-state index is 11.8. The molecule has 18 heavy (non-hydrogen) atoms. The Labute approximate surface area is 108 Å². The van der Waals surface area contributed by atoms with Crippen LogP contribution < -0.4 is 4.74 Å². The standard InChI is InChI=1S/C14H21NO3/c1-10-6-5-7-11(2)14(10)18-9-13(17)15(4)12(3)8-16/h5-7,12,16H,8-9H2,1-4H3. The first-order valence-corrected chi connectivity index (χ1v) is 6.03. The number of para-hydroxylation sites is 1. The molecule has 1 rings (SSSR count). The zero-order valence-corrected chi connectivity index (χ0v) is 11.4. The fraction of sp³-hybridized carbons (Fsp3) is 0.500. The fourth-order valence-corrected chi connectivity index (χ4v) is 1.63. The highest BCUT2D eigenvalue weighted by Gasteiger charge is 2.16. The zero-order chi connectivity index (χ0) is 13.7. The molecule has 0 radical (unpaired) electrons. The van der Waals surface area contributed by atoms with Gasteiger partial charge in [0.1, 0.15) is 5.75 Å². The molecule has 1 unspecified atom stereocenters. The van der Waals surface area contributed by atoms with Crippen molar-refractivity contribution in [1.29, 1.82) is 0 Å². The first-order valence-electron chi connectivity index (χ1n) is 6.03. The number of benzene rings is 1. The van der Waals surface area contributed by atoms with Crippen molar-refractivity contribution in [3.8, 4) is 5.75 Å². The number of rotatable bonds is 5. The minimum atomic E-state index is -0.195. The van der Waals surface area contributed by atoms with Gasteiger partial charge >= 0.3 is 0 Å². The Hall–Kier alpha value is -1.55. The Bertz CT molecular complexity index is 397. The fourth-order valence-electron chi connectivity index (χ4n) is 1.63. The molecule has 1 amide bonds. The van der Waals surface area contributed by atoms with E-state index in [9.17, 15) is 4.79 Å². The summed E-state index contributed by atoms with van der Waals surface area (Å²) in [5.41, 5.74) is 2.03. The van der Waals surface area contributed by atoms with Crippen LogP contribution in [-0.4, -0.2) is 42.2 Å². The van der Waals surface area contributed by atoms with E-state index in [4.69, 9.17) is 9.84 Å². The summed E-state index contributed by atoms with van der Waals surface area (Å²) in [7, 11) is 1.66. The molecule has 100 valence electrons. The van der Waals surface area contributed by atoms with E-state index in [-0.39, 0.29) is 25.2 Å². The first-order chi connectivity index (χ1) is 8.47. The molecule has 0 spiro atoms. The van der Waals surface area contributed by atoms with Crippen molar-refractivity contribution in [3.63, 3.8) is 0 Å². The van der Waals surface area contributed by atoms with Crippen molar-refractivity contribution in [2.45, 2.75) is 26.8 Å². The molecule has 1 aromatic carbocycles. The van der Waals surface area contributed by atoms with Gasteiger partial charge in [-0.1, -0.05) is 18.2 Å². The Morgan fingerprint density at radius 2 is 1.94 bits per heavy atom. The lowest BCUT2D eigenvalue weighted by Gasteiger charge is -2.23. The van der Waals surface area contributed by atoms with Gasteiger partial charge in [0, 0.05) is 7.05 Å². The average Bonchev–Trinajstić information content (AvgIpc) is 2.36. The monoisotopic (exact) mass is 251 g/mol. The SMILES string of the molecule is Cc1cccc(C)c1OCC(=O)N(C)C(C)CO. The molecule has 0 aliphatic rings. The number of hydrogen-bond donors (Lipinski definition) is 1. The number of amides is 1. The predicted molar refractivity (Wildman–Crippen MR) is 70.7 cm³/mol. The van der Waals surface area contributed by atoms with Crippen molar-refractivity contribution < 1.29 is 14.6 Å². The number of aryl methyl sites for hydroxylation is 2. The number of likely N-dealkylation sites (N-methyl/N-ethyl adjacent to an activating group) is 1. The van der Waals surface area contributed by atoms with Gasteiger partial charge in [0.15, 0.2) is 6.61 Å². The second kappa shape index (κ2) is 6.40. The van der Waals surface area contributed by atoms with Gasteiger partial charge < -0.3 is 14.7 Å². The third-order valence-corrected chi connectivity index (χ3v) is 3.07. The third-order valence-electron chi connectivity index (χ3n) is 3.07. The lowest BCUT2D eigenvalue weighted by molar-refractivity contribution is -0.134. The molecule has 0 bridgehead atoms. The molecule has 1 atom stereocenters. The summed E-state index contributed by atoms with van der Waals surface area (Å²) in [6.07, 6.45) is 0. The summed E-state index contributed by atoms with van der Waals surface area (Å²) in [5, 5.41) is 8.99. The molecular formula is C14H21NO3. The van der Waals surface area contributed by atoms with Crippen molar-refractivity contribution in [2.75, 3.05) is 20.3 Å². The molecule has 0 saturated heterocycles. The molecule has 1 N–H and O–H groups in total. The van der Waals surface area contributed by atoms with Gasteiger partial charge in [0.05, 0.1) is 12.6 Å². The second-order valence-electron chi connectivity index (χ2n) is 4.55. The molecule has 4 nitrogen and oxygen atoms in total. The van der Waals surface area contributed by atoms with Gasteiger partial charge in [-0.15, -0.1) is 0 Å². The minimum absolute atomic E-state index is 0.00741. The van der Waals surface area contributed by atoms with Gasteiger partial charge in [-0.3, -0.25) is 4.79 Å². The van der Waals surface area contributed by atoms with Crippen LogP contribution in [0, 0.1) is 13.8 Å². The smallest absolute Gasteiger partial charge is 0.260 e. The van der Waals surface area contributed by atoms with E-state index in [1.54, 1.807) is 14.0 Å². The largest absolute Gasteiger partial charge is 0.483 e.